The molecule has 96 valence electrons. The molecule has 1 rings (SSSR count). The van der Waals surface area contributed by atoms with Gasteiger partial charge >= 0.3 is 0 Å². The van der Waals surface area contributed by atoms with Crippen molar-refractivity contribution in [2.45, 2.75) is 31.3 Å². The zero-order chi connectivity index (χ0) is 13.1. The molecule has 0 fully saturated rings. The summed E-state index contributed by atoms with van der Waals surface area (Å²) < 4.78 is 27.6. The van der Waals surface area contributed by atoms with Crippen LogP contribution in [0.3, 0.4) is 0 Å². The number of methoxy groups -OCH3 is 1. The Morgan fingerprint density at radius 3 is 2.53 bits per heavy atom. The summed E-state index contributed by atoms with van der Waals surface area (Å²) in [4.78, 5) is 0.00768. The number of nitrogens with two attached hydrogens (primary N) is 1. The maximum Gasteiger partial charge on any atom is 0.241 e. The van der Waals surface area contributed by atoms with Gasteiger partial charge in [-0.3, -0.25) is 0 Å². The van der Waals surface area contributed by atoms with Crippen LogP contribution >= 0.6 is 0 Å². The second kappa shape index (κ2) is 5.48. The minimum absolute atomic E-state index is 0.00768. The minimum Gasteiger partial charge on any atom is -0.495 e. The fourth-order valence-corrected chi connectivity index (χ4v) is 2.06. The largest absolute Gasteiger partial charge is 0.495 e. The van der Waals surface area contributed by atoms with Gasteiger partial charge in [0.1, 0.15) is 10.6 Å². The maximum absolute atomic E-state index is 11.3. The lowest BCUT2D eigenvalue weighted by Gasteiger charge is -2.11. The first-order valence-electron chi connectivity index (χ1n) is 5.27. The van der Waals surface area contributed by atoms with Crippen molar-refractivity contribution in [2.75, 3.05) is 7.11 Å². The number of nitrogens with one attached hydrogen (secondary N) is 1. The molecule has 6 heteroatoms. The number of rotatable bonds is 5. The van der Waals surface area contributed by atoms with E-state index in [1.807, 2.05) is 13.8 Å². The fourth-order valence-electron chi connectivity index (χ4n) is 1.38. The molecule has 17 heavy (non-hydrogen) atoms. The number of hydrogen-bond acceptors (Lipinski definition) is 4. The van der Waals surface area contributed by atoms with Gasteiger partial charge < -0.3 is 10.1 Å². The third-order valence-corrected chi connectivity index (χ3v) is 3.20. The summed E-state index contributed by atoms with van der Waals surface area (Å²) in [5.41, 5.74) is 0.947. The third-order valence-electron chi connectivity index (χ3n) is 2.25. The lowest BCUT2D eigenvalue weighted by atomic mass is 10.2. The average Bonchev–Trinajstić information content (AvgIpc) is 2.24. The van der Waals surface area contributed by atoms with E-state index in [9.17, 15) is 8.42 Å². The fraction of sp³-hybridized carbons (Fsp3) is 0.455. The zero-order valence-electron chi connectivity index (χ0n) is 10.2. The van der Waals surface area contributed by atoms with E-state index in [1.165, 1.54) is 13.2 Å². The average molecular weight is 258 g/mol. The maximum atomic E-state index is 11.3. The zero-order valence-corrected chi connectivity index (χ0v) is 11.0. The Labute approximate surface area is 102 Å². The van der Waals surface area contributed by atoms with Crippen molar-refractivity contribution in [3.05, 3.63) is 23.8 Å². The smallest absolute Gasteiger partial charge is 0.241 e. The summed E-state index contributed by atoms with van der Waals surface area (Å²) in [6, 6.07) is 5.22. The molecular formula is C11H18N2O3S. The molecule has 0 aromatic heterocycles. The Morgan fingerprint density at radius 2 is 2.06 bits per heavy atom. The summed E-state index contributed by atoms with van der Waals surface area (Å²) >= 11 is 0. The predicted molar refractivity (Wildman–Crippen MR) is 66.3 cm³/mol. The van der Waals surface area contributed by atoms with Crippen molar-refractivity contribution in [2.24, 2.45) is 5.14 Å². The van der Waals surface area contributed by atoms with E-state index < -0.39 is 10.0 Å². The van der Waals surface area contributed by atoms with Crippen molar-refractivity contribution in [1.29, 1.82) is 0 Å². The van der Waals surface area contributed by atoms with Crippen LogP contribution in [0, 0.1) is 0 Å². The standard InChI is InChI=1S/C11H18N2O3S/c1-8(2)13-7-9-4-5-11(17(12,14)15)10(6-9)16-3/h4-6,8,13H,7H2,1-3H3,(H2,12,14,15). The third kappa shape index (κ3) is 3.99. The summed E-state index contributed by atoms with van der Waals surface area (Å²) in [5.74, 6) is 0.274. The van der Waals surface area contributed by atoms with Crippen LogP contribution in [0.2, 0.25) is 0 Å². The van der Waals surface area contributed by atoms with Gasteiger partial charge in [-0.05, 0) is 17.7 Å². The second-order valence-electron chi connectivity index (χ2n) is 4.07. The van der Waals surface area contributed by atoms with Crippen LogP contribution in [-0.4, -0.2) is 21.6 Å². The van der Waals surface area contributed by atoms with Crippen molar-refractivity contribution in [3.8, 4) is 5.75 Å². The van der Waals surface area contributed by atoms with Gasteiger partial charge in [0.15, 0.2) is 0 Å². The highest BCUT2D eigenvalue weighted by Gasteiger charge is 2.14. The molecule has 0 bridgehead atoms. The Balaban J connectivity index is 3.01. The Kier molecular flexibility index (Phi) is 4.50. The van der Waals surface area contributed by atoms with Gasteiger partial charge in [-0.2, -0.15) is 0 Å². The molecule has 0 atom stereocenters. The van der Waals surface area contributed by atoms with Gasteiger partial charge in [0.25, 0.3) is 0 Å². The van der Waals surface area contributed by atoms with E-state index in [4.69, 9.17) is 9.88 Å². The first-order chi connectivity index (χ1) is 7.84. The molecule has 0 aliphatic carbocycles. The molecule has 0 unspecified atom stereocenters. The lowest BCUT2D eigenvalue weighted by Crippen LogP contribution is -2.22. The molecule has 0 aliphatic heterocycles. The van der Waals surface area contributed by atoms with Crippen molar-refractivity contribution in [1.82, 2.24) is 5.32 Å². The molecule has 1 aromatic carbocycles. The monoisotopic (exact) mass is 258 g/mol. The van der Waals surface area contributed by atoms with Crippen LogP contribution in [0.4, 0.5) is 0 Å². The molecule has 0 spiro atoms. The predicted octanol–water partition coefficient (Wildman–Crippen LogP) is 0.841. The van der Waals surface area contributed by atoms with Crippen LogP contribution in [0.25, 0.3) is 0 Å². The van der Waals surface area contributed by atoms with E-state index in [2.05, 4.69) is 5.32 Å². The van der Waals surface area contributed by atoms with Crippen LogP contribution in [0.5, 0.6) is 5.75 Å². The van der Waals surface area contributed by atoms with Gasteiger partial charge in [-0.25, -0.2) is 13.6 Å². The molecule has 0 aliphatic rings. The molecule has 3 N–H and O–H groups in total. The van der Waals surface area contributed by atoms with Gasteiger partial charge in [-0.1, -0.05) is 19.9 Å². The van der Waals surface area contributed by atoms with Crippen molar-refractivity contribution in [3.63, 3.8) is 0 Å². The van der Waals surface area contributed by atoms with Crippen molar-refractivity contribution < 1.29 is 13.2 Å². The second-order valence-corrected chi connectivity index (χ2v) is 5.60. The van der Waals surface area contributed by atoms with E-state index in [-0.39, 0.29) is 10.6 Å². The Morgan fingerprint density at radius 1 is 1.41 bits per heavy atom. The lowest BCUT2D eigenvalue weighted by molar-refractivity contribution is 0.402. The molecule has 0 radical (unpaired) electrons. The van der Waals surface area contributed by atoms with Gasteiger partial charge in [0.2, 0.25) is 10.0 Å². The minimum atomic E-state index is -3.74. The molecular weight excluding hydrogens is 240 g/mol. The molecule has 5 nitrogen and oxygen atoms in total. The molecule has 0 saturated carbocycles. The summed E-state index contributed by atoms with van der Waals surface area (Å²) in [6.07, 6.45) is 0. The van der Waals surface area contributed by atoms with E-state index in [1.54, 1.807) is 12.1 Å². The molecule has 0 heterocycles. The van der Waals surface area contributed by atoms with E-state index >= 15 is 0 Å². The first kappa shape index (κ1) is 14.0. The number of hydrogen-bond donors (Lipinski definition) is 2. The highest BCUT2D eigenvalue weighted by Crippen LogP contribution is 2.23. The number of ether oxygens (including phenoxy) is 1. The summed E-state index contributed by atoms with van der Waals surface area (Å²) in [5, 5.41) is 8.32. The quantitative estimate of drug-likeness (QED) is 0.820. The summed E-state index contributed by atoms with van der Waals surface area (Å²) in [6.45, 7) is 4.73. The van der Waals surface area contributed by atoms with Crippen LogP contribution in [0.1, 0.15) is 19.4 Å². The first-order valence-corrected chi connectivity index (χ1v) is 6.82. The molecule has 1 aromatic rings. The molecule has 0 amide bonds. The molecule has 0 saturated heterocycles. The van der Waals surface area contributed by atoms with Crippen LogP contribution in [-0.2, 0) is 16.6 Å². The number of primary sulfonamides is 1. The highest BCUT2D eigenvalue weighted by molar-refractivity contribution is 7.89. The van der Waals surface area contributed by atoms with Crippen LogP contribution < -0.4 is 15.2 Å². The Hall–Kier alpha value is -1.11. The van der Waals surface area contributed by atoms with Gasteiger partial charge in [0, 0.05) is 12.6 Å². The SMILES string of the molecule is COc1cc(CNC(C)C)ccc1S(N)(=O)=O. The number of benzene rings is 1. The number of sulfonamides is 1. The Bertz CT molecular complexity index is 483. The normalized spacial score (nSPS) is 11.8. The van der Waals surface area contributed by atoms with Crippen LogP contribution in [0.15, 0.2) is 23.1 Å². The highest BCUT2D eigenvalue weighted by atomic mass is 32.2. The topological polar surface area (TPSA) is 81.4 Å². The van der Waals surface area contributed by atoms with Crippen molar-refractivity contribution >= 4 is 10.0 Å². The van der Waals surface area contributed by atoms with Gasteiger partial charge in [0.05, 0.1) is 7.11 Å². The summed E-state index contributed by atoms with van der Waals surface area (Å²) in [7, 11) is -2.32. The van der Waals surface area contributed by atoms with E-state index in [0.717, 1.165) is 5.56 Å². The van der Waals surface area contributed by atoms with Gasteiger partial charge in [-0.15, -0.1) is 0 Å². The van der Waals surface area contributed by atoms with E-state index in [0.29, 0.717) is 12.6 Å².